The Bertz CT molecular complexity index is 686. The Kier molecular flexibility index (Phi) is 7.90. The van der Waals surface area contributed by atoms with Crippen molar-refractivity contribution < 1.29 is 4.74 Å². The summed E-state index contributed by atoms with van der Waals surface area (Å²) in [5, 5.41) is 0. The number of aliphatic imine (C=N–C) groups is 1. The van der Waals surface area contributed by atoms with Crippen molar-refractivity contribution in [2.45, 2.75) is 65.4 Å². The first-order valence-electron chi connectivity index (χ1n) is 9.88. The summed E-state index contributed by atoms with van der Waals surface area (Å²) in [6.07, 6.45) is 8.39. The Hall–Kier alpha value is -2.09. The SMILES string of the molecule is CCCCCCCN=Cc1ccc(OC(C)(C)c2ccccc2C)cc1. The molecule has 140 valence electrons. The van der Waals surface area contributed by atoms with E-state index in [9.17, 15) is 0 Å². The van der Waals surface area contributed by atoms with Crippen molar-refractivity contribution in [3.63, 3.8) is 0 Å². The molecule has 2 aromatic carbocycles. The van der Waals surface area contributed by atoms with E-state index < -0.39 is 0 Å². The highest BCUT2D eigenvalue weighted by atomic mass is 16.5. The van der Waals surface area contributed by atoms with Crippen molar-refractivity contribution in [1.29, 1.82) is 0 Å². The lowest BCUT2D eigenvalue weighted by Crippen LogP contribution is -2.26. The van der Waals surface area contributed by atoms with Gasteiger partial charge >= 0.3 is 0 Å². The van der Waals surface area contributed by atoms with Gasteiger partial charge in [-0.2, -0.15) is 0 Å². The van der Waals surface area contributed by atoms with E-state index in [4.69, 9.17) is 4.74 Å². The van der Waals surface area contributed by atoms with Gasteiger partial charge in [0.15, 0.2) is 0 Å². The molecular weight excluding hydrogens is 318 g/mol. The van der Waals surface area contributed by atoms with Crippen LogP contribution >= 0.6 is 0 Å². The first-order valence-corrected chi connectivity index (χ1v) is 9.88. The van der Waals surface area contributed by atoms with Gasteiger partial charge in [-0.3, -0.25) is 4.99 Å². The number of aryl methyl sites for hydroxylation is 1. The Morgan fingerprint density at radius 3 is 2.31 bits per heavy atom. The van der Waals surface area contributed by atoms with Crippen LogP contribution in [0.2, 0.25) is 0 Å². The predicted octanol–water partition coefficient (Wildman–Crippen LogP) is 6.70. The van der Waals surface area contributed by atoms with Gasteiger partial charge in [0.2, 0.25) is 0 Å². The lowest BCUT2D eigenvalue weighted by molar-refractivity contribution is 0.108. The van der Waals surface area contributed by atoms with E-state index >= 15 is 0 Å². The van der Waals surface area contributed by atoms with Crippen LogP contribution in [0.1, 0.15) is 69.6 Å². The van der Waals surface area contributed by atoms with Gasteiger partial charge in [-0.25, -0.2) is 0 Å². The third kappa shape index (κ3) is 6.33. The van der Waals surface area contributed by atoms with E-state index in [1.165, 1.54) is 43.2 Å². The lowest BCUT2D eigenvalue weighted by Gasteiger charge is -2.28. The van der Waals surface area contributed by atoms with Crippen LogP contribution in [0.25, 0.3) is 0 Å². The second-order valence-electron chi connectivity index (χ2n) is 7.45. The fourth-order valence-electron chi connectivity index (χ4n) is 3.20. The van der Waals surface area contributed by atoms with E-state index in [1.54, 1.807) is 0 Å². The molecule has 2 rings (SSSR count). The number of nitrogens with zero attached hydrogens (tertiary/aromatic N) is 1. The van der Waals surface area contributed by atoms with Crippen molar-refractivity contribution in [2.75, 3.05) is 6.54 Å². The summed E-state index contributed by atoms with van der Waals surface area (Å²) in [6.45, 7) is 9.52. The zero-order valence-electron chi connectivity index (χ0n) is 16.8. The quantitative estimate of drug-likeness (QED) is 0.345. The number of rotatable bonds is 10. The normalized spacial score (nSPS) is 11.8. The highest BCUT2D eigenvalue weighted by Gasteiger charge is 2.24. The molecular formula is C24H33NO. The molecule has 2 nitrogen and oxygen atoms in total. The zero-order valence-corrected chi connectivity index (χ0v) is 16.8. The van der Waals surface area contributed by atoms with Crippen molar-refractivity contribution in [3.05, 3.63) is 65.2 Å². The van der Waals surface area contributed by atoms with E-state index in [0.29, 0.717) is 0 Å². The van der Waals surface area contributed by atoms with Gasteiger partial charge in [0, 0.05) is 12.8 Å². The first-order chi connectivity index (χ1) is 12.5. The lowest BCUT2D eigenvalue weighted by atomic mass is 9.93. The number of hydrogen-bond acceptors (Lipinski definition) is 2. The Morgan fingerprint density at radius 2 is 1.62 bits per heavy atom. The van der Waals surface area contributed by atoms with Crippen LogP contribution in [-0.4, -0.2) is 12.8 Å². The predicted molar refractivity (Wildman–Crippen MR) is 112 cm³/mol. The molecule has 0 aromatic heterocycles. The fourth-order valence-corrected chi connectivity index (χ4v) is 3.20. The molecule has 0 atom stereocenters. The first kappa shape index (κ1) is 20.2. The second kappa shape index (κ2) is 10.2. The molecule has 0 amide bonds. The van der Waals surface area contributed by atoms with Gasteiger partial charge in [0.1, 0.15) is 11.4 Å². The topological polar surface area (TPSA) is 21.6 Å². The number of hydrogen-bond donors (Lipinski definition) is 0. The van der Waals surface area contributed by atoms with Crippen molar-refractivity contribution in [1.82, 2.24) is 0 Å². The molecule has 0 heterocycles. The Labute approximate surface area is 159 Å². The summed E-state index contributed by atoms with van der Waals surface area (Å²) >= 11 is 0. The summed E-state index contributed by atoms with van der Waals surface area (Å²) in [7, 11) is 0. The van der Waals surface area contributed by atoms with Gasteiger partial charge < -0.3 is 4.74 Å². The highest BCUT2D eigenvalue weighted by Crippen LogP contribution is 2.29. The van der Waals surface area contributed by atoms with Crippen LogP contribution in [0.3, 0.4) is 0 Å². The average molecular weight is 352 g/mol. The maximum absolute atomic E-state index is 6.26. The Morgan fingerprint density at radius 1 is 0.923 bits per heavy atom. The van der Waals surface area contributed by atoms with Crippen LogP contribution < -0.4 is 4.74 Å². The summed E-state index contributed by atoms with van der Waals surface area (Å²) in [6, 6.07) is 16.6. The third-order valence-electron chi connectivity index (χ3n) is 4.68. The fraction of sp³-hybridized carbons (Fsp3) is 0.458. The molecule has 0 aliphatic carbocycles. The van der Waals surface area contributed by atoms with Crippen LogP contribution in [0.15, 0.2) is 53.5 Å². The minimum Gasteiger partial charge on any atom is -0.483 e. The molecule has 26 heavy (non-hydrogen) atoms. The van der Waals surface area contributed by atoms with Crippen molar-refractivity contribution >= 4 is 6.21 Å². The van der Waals surface area contributed by atoms with Crippen LogP contribution in [-0.2, 0) is 5.60 Å². The number of unbranched alkanes of at least 4 members (excludes halogenated alkanes) is 4. The minimum atomic E-state index is -0.362. The number of benzene rings is 2. The molecule has 0 spiro atoms. The molecule has 0 saturated heterocycles. The summed E-state index contributed by atoms with van der Waals surface area (Å²) in [5.41, 5.74) is 3.23. The summed E-state index contributed by atoms with van der Waals surface area (Å²) in [5.74, 6) is 0.884. The van der Waals surface area contributed by atoms with Crippen molar-refractivity contribution in [2.24, 2.45) is 4.99 Å². The van der Waals surface area contributed by atoms with E-state index in [0.717, 1.165) is 17.9 Å². The molecule has 0 unspecified atom stereocenters. The molecule has 0 bridgehead atoms. The molecule has 0 radical (unpaired) electrons. The number of ether oxygens (including phenoxy) is 1. The van der Waals surface area contributed by atoms with Crippen molar-refractivity contribution in [3.8, 4) is 5.75 Å². The molecule has 0 aliphatic heterocycles. The molecule has 0 saturated carbocycles. The molecule has 2 aromatic rings. The molecule has 2 heteroatoms. The van der Waals surface area contributed by atoms with Gasteiger partial charge in [-0.15, -0.1) is 0 Å². The maximum atomic E-state index is 6.26. The van der Waals surface area contributed by atoms with Gasteiger partial charge in [-0.05, 0) is 68.1 Å². The highest BCUT2D eigenvalue weighted by molar-refractivity contribution is 5.79. The largest absolute Gasteiger partial charge is 0.483 e. The average Bonchev–Trinajstić information content (AvgIpc) is 2.62. The van der Waals surface area contributed by atoms with Gasteiger partial charge in [-0.1, -0.05) is 56.9 Å². The van der Waals surface area contributed by atoms with E-state index in [-0.39, 0.29) is 5.60 Å². The summed E-state index contributed by atoms with van der Waals surface area (Å²) in [4.78, 5) is 4.54. The van der Waals surface area contributed by atoms with Gasteiger partial charge in [0.05, 0.1) is 0 Å². The van der Waals surface area contributed by atoms with Crippen LogP contribution in [0.4, 0.5) is 0 Å². The van der Waals surface area contributed by atoms with E-state index in [1.807, 2.05) is 18.3 Å². The third-order valence-corrected chi connectivity index (χ3v) is 4.68. The molecule has 0 aliphatic rings. The van der Waals surface area contributed by atoms with Crippen LogP contribution in [0, 0.1) is 6.92 Å². The summed E-state index contributed by atoms with van der Waals surface area (Å²) < 4.78 is 6.26. The standard InChI is InChI=1S/C24H33NO/c1-5-6-7-8-11-18-25-19-21-14-16-22(17-15-21)26-24(3,4)23-13-10-9-12-20(23)2/h9-10,12-17,19H,5-8,11,18H2,1-4H3. The zero-order chi connectivity index (χ0) is 18.8. The van der Waals surface area contributed by atoms with Gasteiger partial charge in [0.25, 0.3) is 0 Å². The van der Waals surface area contributed by atoms with Crippen LogP contribution in [0.5, 0.6) is 5.75 Å². The second-order valence-corrected chi connectivity index (χ2v) is 7.45. The Balaban J connectivity index is 1.88. The molecule has 0 N–H and O–H groups in total. The minimum absolute atomic E-state index is 0.362. The maximum Gasteiger partial charge on any atom is 0.129 e. The molecule has 0 fully saturated rings. The monoisotopic (exact) mass is 351 g/mol. The smallest absolute Gasteiger partial charge is 0.129 e. The van der Waals surface area contributed by atoms with E-state index in [2.05, 4.69) is 69.1 Å².